The topological polar surface area (TPSA) is 114 Å². The van der Waals surface area contributed by atoms with E-state index in [1.165, 1.54) is 23.4 Å². The lowest BCUT2D eigenvalue weighted by atomic mass is 10.5. The Morgan fingerprint density at radius 3 is 2.88 bits per heavy atom. The molecule has 3 heterocycles. The zero-order valence-corrected chi connectivity index (χ0v) is 7.76. The number of nitrogens with zero attached hydrogens (tertiary/aromatic N) is 7. The molecule has 0 saturated carbocycles. The van der Waals surface area contributed by atoms with Crippen molar-refractivity contribution in [2.75, 3.05) is 0 Å². The molecule has 9 nitrogen and oxygen atoms in total. The first-order valence-electron chi connectivity index (χ1n) is 4.25. The second kappa shape index (κ2) is 2.89. The molecule has 3 aromatic rings. The van der Waals surface area contributed by atoms with Gasteiger partial charge in [0.15, 0.2) is 5.69 Å². The second-order valence-electron chi connectivity index (χ2n) is 2.93. The summed E-state index contributed by atoms with van der Waals surface area (Å²) < 4.78 is 2.26. The van der Waals surface area contributed by atoms with Crippen molar-refractivity contribution in [3.8, 4) is 17.4 Å². The summed E-state index contributed by atoms with van der Waals surface area (Å²) in [6.07, 6.45) is 4.08. The van der Waals surface area contributed by atoms with Crippen molar-refractivity contribution in [3.63, 3.8) is 0 Å². The predicted octanol–water partition coefficient (Wildman–Crippen LogP) is -0.884. The Balaban J connectivity index is 2.39. The van der Waals surface area contributed by atoms with Crippen molar-refractivity contribution in [1.82, 2.24) is 34.6 Å². The maximum absolute atomic E-state index is 9.86. The molecule has 0 aliphatic heterocycles. The Labute approximate surface area is 87.6 Å². The van der Waals surface area contributed by atoms with Crippen LogP contribution in [0.5, 0.6) is 11.8 Å². The summed E-state index contributed by atoms with van der Waals surface area (Å²) in [6, 6.07) is 0. The van der Waals surface area contributed by atoms with Crippen molar-refractivity contribution >= 4 is 5.78 Å². The molecule has 0 fully saturated rings. The third-order valence-corrected chi connectivity index (χ3v) is 2.01. The van der Waals surface area contributed by atoms with Crippen LogP contribution >= 0.6 is 0 Å². The lowest BCUT2D eigenvalue weighted by Crippen LogP contribution is -2.03. The molecule has 2 N–H and O–H groups in total. The minimum atomic E-state index is -0.400. The van der Waals surface area contributed by atoms with E-state index >= 15 is 0 Å². The minimum Gasteiger partial charge on any atom is -0.492 e. The maximum atomic E-state index is 9.86. The Hall–Kier alpha value is -2.71. The third-order valence-electron chi connectivity index (χ3n) is 2.01. The van der Waals surface area contributed by atoms with Gasteiger partial charge in [0.25, 0.3) is 5.78 Å². The van der Waals surface area contributed by atoms with Crippen LogP contribution < -0.4 is 0 Å². The molecule has 0 unspecified atom stereocenters. The Bertz CT molecular complexity index is 644. The summed E-state index contributed by atoms with van der Waals surface area (Å²) in [6.45, 7) is 0. The fourth-order valence-electron chi connectivity index (χ4n) is 1.34. The van der Waals surface area contributed by atoms with Gasteiger partial charge in [0, 0.05) is 0 Å². The van der Waals surface area contributed by atoms with Gasteiger partial charge in [-0.2, -0.15) is 19.6 Å². The van der Waals surface area contributed by atoms with Gasteiger partial charge in [-0.1, -0.05) is 5.21 Å². The van der Waals surface area contributed by atoms with Gasteiger partial charge in [-0.3, -0.25) is 0 Å². The zero-order chi connectivity index (χ0) is 11.1. The van der Waals surface area contributed by atoms with E-state index in [1.807, 2.05) is 0 Å². The van der Waals surface area contributed by atoms with E-state index in [1.54, 1.807) is 0 Å². The van der Waals surface area contributed by atoms with Crippen molar-refractivity contribution in [2.24, 2.45) is 0 Å². The number of fused-ring (bicyclic) bond motifs is 1. The van der Waals surface area contributed by atoms with Gasteiger partial charge in [-0.15, -0.1) is 5.10 Å². The molecular weight excluding hydrogens is 214 g/mol. The fraction of sp³-hybridized carbons (Fsp3) is 0. The summed E-state index contributed by atoms with van der Waals surface area (Å²) in [5.74, 6) is -0.618. The second-order valence-corrected chi connectivity index (χ2v) is 2.93. The summed E-state index contributed by atoms with van der Waals surface area (Å²) >= 11 is 0. The molecule has 0 radical (unpaired) electrons. The van der Waals surface area contributed by atoms with E-state index in [0.29, 0.717) is 0 Å². The van der Waals surface area contributed by atoms with Crippen LogP contribution in [0, 0.1) is 0 Å². The predicted molar refractivity (Wildman–Crippen MR) is 49.0 cm³/mol. The van der Waals surface area contributed by atoms with E-state index in [0.717, 1.165) is 4.52 Å². The Kier molecular flexibility index (Phi) is 1.55. The molecule has 0 aliphatic rings. The number of aromatic nitrogens is 7. The Morgan fingerprint density at radius 2 is 2.12 bits per heavy atom. The summed E-state index contributed by atoms with van der Waals surface area (Å²) in [5.41, 5.74) is -0.00417. The van der Waals surface area contributed by atoms with Crippen molar-refractivity contribution < 1.29 is 10.2 Å². The molecule has 0 amide bonds. The van der Waals surface area contributed by atoms with Gasteiger partial charge in [0.1, 0.15) is 6.33 Å². The van der Waals surface area contributed by atoms with E-state index in [4.69, 9.17) is 0 Å². The normalized spacial score (nSPS) is 11.0. The standard InChI is InChI=1S/C7H5N7O2/c15-5-4(13-2-1-9-12-13)6(16)14-7(11-5)8-3-10-14/h1-3,16H,(H,8,10,11,15). The van der Waals surface area contributed by atoms with Gasteiger partial charge in [0.2, 0.25) is 11.8 Å². The lowest BCUT2D eigenvalue weighted by molar-refractivity contribution is 0.404. The highest BCUT2D eigenvalue weighted by atomic mass is 16.3. The van der Waals surface area contributed by atoms with Crippen LogP contribution in [-0.2, 0) is 0 Å². The summed E-state index contributed by atoms with van der Waals surface area (Å²) in [7, 11) is 0. The molecule has 9 heteroatoms. The monoisotopic (exact) mass is 219 g/mol. The molecule has 0 aromatic carbocycles. The van der Waals surface area contributed by atoms with Crippen LogP contribution in [0.1, 0.15) is 0 Å². The molecule has 0 bridgehead atoms. The minimum absolute atomic E-state index is 0.00417. The third kappa shape index (κ3) is 1.02. The quantitative estimate of drug-likeness (QED) is 0.545. The van der Waals surface area contributed by atoms with Crippen molar-refractivity contribution in [1.29, 1.82) is 0 Å². The van der Waals surface area contributed by atoms with Crippen LogP contribution in [0.25, 0.3) is 11.5 Å². The van der Waals surface area contributed by atoms with Crippen LogP contribution in [-0.4, -0.2) is 44.8 Å². The maximum Gasteiger partial charge on any atom is 0.258 e. The number of rotatable bonds is 1. The first-order chi connectivity index (χ1) is 7.77. The van der Waals surface area contributed by atoms with E-state index in [2.05, 4.69) is 25.4 Å². The van der Waals surface area contributed by atoms with Gasteiger partial charge in [-0.25, -0.2) is 4.68 Å². The van der Waals surface area contributed by atoms with Gasteiger partial charge in [-0.05, 0) is 0 Å². The molecule has 0 atom stereocenters. The van der Waals surface area contributed by atoms with Crippen LogP contribution in [0.4, 0.5) is 0 Å². The van der Waals surface area contributed by atoms with Crippen LogP contribution in [0.2, 0.25) is 0 Å². The van der Waals surface area contributed by atoms with Crippen LogP contribution in [0.3, 0.4) is 0 Å². The molecule has 16 heavy (non-hydrogen) atoms. The van der Waals surface area contributed by atoms with Crippen LogP contribution in [0.15, 0.2) is 18.7 Å². The highest BCUT2D eigenvalue weighted by molar-refractivity contribution is 5.52. The SMILES string of the molecule is Oc1nc2ncnn2c(O)c1-n1ccnn1. The Morgan fingerprint density at radius 1 is 1.25 bits per heavy atom. The highest BCUT2D eigenvalue weighted by Gasteiger charge is 2.17. The van der Waals surface area contributed by atoms with Gasteiger partial charge >= 0.3 is 0 Å². The lowest BCUT2D eigenvalue weighted by Gasteiger charge is -2.05. The molecule has 3 rings (SSSR count). The summed E-state index contributed by atoms with van der Waals surface area (Å²) in [5, 5.41) is 30.5. The fourth-order valence-corrected chi connectivity index (χ4v) is 1.34. The van der Waals surface area contributed by atoms with Gasteiger partial charge < -0.3 is 10.2 Å². The highest BCUT2D eigenvalue weighted by Crippen LogP contribution is 2.27. The molecule has 0 aliphatic carbocycles. The molecule has 3 aromatic heterocycles. The van der Waals surface area contributed by atoms with E-state index in [9.17, 15) is 10.2 Å². The summed E-state index contributed by atoms with van der Waals surface area (Å²) in [4.78, 5) is 7.49. The smallest absolute Gasteiger partial charge is 0.258 e. The average molecular weight is 219 g/mol. The molecule has 80 valence electrons. The van der Waals surface area contributed by atoms with Gasteiger partial charge in [0.05, 0.1) is 12.4 Å². The molecular formula is C7H5N7O2. The first kappa shape index (κ1) is 8.59. The van der Waals surface area contributed by atoms with Crippen molar-refractivity contribution in [2.45, 2.75) is 0 Å². The largest absolute Gasteiger partial charge is 0.492 e. The first-order valence-corrected chi connectivity index (χ1v) is 4.25. The number of aromatic hydroxyl groups is 2. The number of hydrogen-bond donors (Lipinski definition) is 2. The molecule has 0 spiro atoms. The van der Waals surface area contributed by atoms with E-state index < -0.39 is 5.88 Å². The zero-order valence-electron chi connectivity index (χ0n) is 7.76. The average Bonchev–Trinajstić information content (AvgIpc) is 2.87. The van der Waals surface area contributed by atoms with Crippen molar-refractivity contribution in [3.05, 3.63) is 18.7 Å². The number of hydrogen-bond acceptors (Lipinski definition) is 7. The van der Waals surface area contributed by atoms with E-state index in [-0.39, 0.29) is 17.3 Å². The molecule has 0 saturated heterocycles.